The maximum Gasteiger partial charge on any atom is 0.145 e. The third-order valence-corrected chi connectivity index (χ3v) is 4.31. The molecule has 0 aliphatic heterocycles. The molecule has 1 aromatic rings. The first-order chi connectivity index (χ1) is 8.22. The smallest absolute Gasteiger partial charge is 0.145 e. The topological polar surface area (TPSA) is 35.2 Å². The average Bonchev–Trinajstić information content (AvgIpc) is 2.92. The van der Waals surface area contributed by atoms with E-state index in [1.54, 1.807) is 6.07 Å². The molecule has 92 valence electrons. The molecule has 17 heavy (non-hydrogen) atoms. The summed E-state index contributed by atoms with van der Waals surface area (Å²) in [6, 6.07) is 4.30. The zero-order chi connectivity index (χ0) is 11.8. The normalized spacial score (nSPS) is 30.8. The van der Waals surface area contributed by atoms with Crippen molar-refractivity contribution in [2.45, 2.75) is 25.7 Å². The summed E-state index contributed by atoms with van der Waals surface area (Å²) in [4.78, 5) is 0. The van der Waals surface area contributed by atoms with Gasteiger partial charge < -0.3 is 10.5 Å². The number of nitrogen functional groups attached to an aromatic ring is 1. The highest BCUT2D eigenvalue weighted by atomic mass is 19.1. The van der Waals surface area contributed by atoms with E-state index >= 15 is 0 Å². The molecule has 2 aliphatic rings. The molecule has 2 aliphatic carbocycles. The lowest BCUT2D eigenvalue weighted by atomic mass is 9.89. The number of benzene rings is 1. The molecule has 2 saturated carbocycles. The van der Waals surface area contributed by atoms with Crippen LogP contribution >= 0.6 is 0 Å². The second-order valence-corrected chi connectivity index (χ2v) is 5.43. The van der Waals surface area contributed by atoms with Gasteiger partial charge in [-0.25, -0.2) is 4.39 Å². The highest BCUT2D eigenvalue weighted by molar-refractivity contribution is 5.52. The largest absolute Gasteiger partial charge is 0.491 e. The Bertz CT molecular complexity index is 421. The van der Waals surface area contributed by atoms with Crippen molar-refractivity contribution in [1.82, 2.24) is 0 Å². The first kappa shape index (κ1) is 10.9. The quantitative estimate of drug-likeness (QED) is 0.816. The summed E-state index contributed by atoms with van der Waals surface area (Å²) in [5, 5.41) is 0. The van der Waals surface area contributed by atoms with E-state index < -0.39 is 0 Å². The van der Waals surface area contributed by atoms with Gasteiger partial charge in [0.05, 0.1) is 12.3 Å². The minimum atomic E-state index is -0.290. The van der Waals surface area contributed by atoms with Gasteiger partial charge in [0, 0.05) is 6.07 Å². The summed E-state index contributed by atoms with van der Waals surface area (Å²) in [7, 11) is 0. The van der Waals surface area contributed by atoms with Crippen molar-refractivity contribution in [2.24, 2.45) is 17.8 Å². The second kappa shape index (κ2) is 4.21. The monoisotopic (exact) mass is 235 g/mol. The minimum Gasteiger partial charge on any atom is -0.491 e. The highest BCUT2D eigenvalue weighted by Gasteiger charge is 2.39. The van der Waals surface area contributed by atoms with Crippen molar-refractivity contribution in [3.63, 3.8) is 0 Å². The fourth-order valence-electron chi connectivity index (χ4n) is 3.41. The molecule has 2 bridgehead atoms. The summed E-state index contributed by atoms with van der Waals surface area (Å²) in [6.07, 6.45) is 5.38. The molecule has 3 atom stereocenters. The first-order valence-electron chi connectivity index (χ1n) is 6.40. The summed E-state index contributed by atoms with van der Waals surface area (Å²) in [5.41, 5.74) is 6.28. The van der Waals surface area contributed by atoms with E-state index in [-0.39, 0.29) is 5.82 Å². The minimum absolute atomic E-state index is 0.290. The van der Waals surface area contributed by atoms with Crippen LogP contribution in [0.3, 0.4) is 0 Å². The summed E-state index contributed by atoms with van der Waals surface area (Å²) in [5.74, 6) is 2.60. The van der Waals surface area contributed by atoms with Crippen LogP contribution in [0, 0.1) is 23.6 Å². The summed E-state index contributed by atoms with van der Waals surface area (Å²) in [6.45, 7) is 0.689. The van der Waals surface area contributed by atoms with E-state index in [1.807, 2.05) is 0 Å². The Kier molecular flexibility index (Phi) is 2.69. The van der Waals surface area contributed by atoms with Gasteiger partial charge in [0.1, 0.15) is 11.6 Å². The number of anilines is 1. The van der Waals surface area contributed by atoms with E-state index in [0.717, 1.165) is 11.8 Å². The van der Waals surface area contributed by atoms with Crippen molar-refractivity contribution < 1.29 is 9.13 Å². The molecule has 0 spiro atoms. The van der Waals surface area contributed by atoms with Crippen molar-refractivity contribution >= 4 is 5.69 Å². The standard InChI is InChI=1S/C14H18FNO/c15-12-3-4-13(16)14(7-12)17-8-11-6-9-1-2-10(11)5-9/h3-4,7,9-11H,1-2,5-6,8,16H2. The van der Waals surface area contributed by atoms with E-state index in [0.29, 0.717) is 24.0 Å². The molecule has 3 unspecified atom stereocenters. The molecule has 3 rings (SSSR count). The van der Waals surface area contributed by atoms with Crippen molar-refractivity contribution in [3.8, 4) is 5.75 Å². The van der Waals surface area contributed by atoms with Crippen LogP contribution in [0.5, 0.6) is 5.75 Å². The molecule has 2 fully saturated rings. The maximum atomic E-state index is 13.1. The van der Waals surface area contributed by atoms with Gasteiger partial charge in [-0.1, -0.05) is 6.42 Å². The van der Waals surface area contributed by atoms with Gasteiger partial charge in [-0.3, -0.25) is 0 Å². The van der Waals surface area contributed by atoms with Crippen LogP contribution in [0.2, 0.25) is 0 Å². The number of hydrogen-bond donors (Lipinski definition) is 1. The first-order valence-corrected chi connectivity index (χ1v) is 6.40. The SMILES string of the molecule is Nc1ccc(F)cc1OCC1CC2CCC1C2. The maximum absolute atomic E-state index is 13.1. The molecular weight excluding hydrogens is 217 g/mol. The zero-order valence-electron chi connectivity index (χ0n) is 9.86. The molecule has 0 radical (unpaired) electrons. The molecular formula is C14H18FNO. The number of rotatable bonds is 3. The fourth-order valence-corrected chi connectivity index (χ4v) is 3.41. The third kappa shape index (κ3) is 2.11. The van der Waals surface area contributed by atoms with Crippen LogP contribution in [0.1, 0.15) is 25.7 Å². The van der Waals surface area contributed by atoms with E-state index in [9.17, 15) is 4.39 Å². The number of nitrogens with two attached hydrogens (primary N) is 1. The highest BCUT2D eigenvalue weighted by Crippen LogP contribution is 2.48. The molecule has 2 nitrogen and oxygen atoms in total. The predicted octanol–water partition coefficient (Wildman–Crippen LogP) is 3.22. The third-order valence-electron chi connectivity index (χ3n) is 4.31. The Balaban J connectivity index is 1.62. The van der Waals surface area contributed by atoms with Gasteiger partial charge in [0.2, 0.25) is 0 Å². The van der Waals surface area contributed by atoms with E-state index in [1.165, 1.54) is 37.8 Å². The molecule has 0 amide bonds. The van der Waals surface area contributed by atoms with Gasteiger partial charge >= 0.3 is 0 Å². The second-order valence-electron chi connectivity index (χ2n) is 5.43. The Hall–Kier alpha value is -1.25. The van der Waals surface area contributed by atoms with Crippen LogP contribution in [0.25, 0.3) is 0 Å². The van der Waals surface area contributed by atoms with Gasteiger partial charge in [0.15, 0.2) is 0 Å². The Morgan fingerprint density at radius 1 is 1.29 bits per heavy atom. The van der Waals surface area contributed by atoms with Crippen LogP contribution in [0.4, 0.5) is 10.1 Å². The van der Waals surface area contributed by atoms with Crippen LogP contribution in [-0.2, 0) is 0 Å². The molecule has 0 saturated heterocycles. The van der Waals surface area contributed by atoms with Crippen molar-refractivity contribution in [3.05, 3.63) is 24.0 Å². The summed E-state index contributed by atoms with van der Waals surface area (Å²) >= 11 is 0. The number of fused-ring (bicyclic) bond motifs is 2. The van der Waals surface area contributed by atoms with Crippen LogP contribution < -0.4 is 10.5 Å². The zero-order valence-corrected chi connectivity index (χ0v) is 9.86. The number of hydrogen-bond acceptors (Lipinski definition) is 2. The van der Waals surface area contributed by atoms with Crippen LogP contribution in [-0.4, -0.2) is 6.61 Å². The molecule has 0 aromatic heterocycles. The van der Waals surface area contributed by atoms with Gasteiger partial charge in [-0.05, 0) is 49.1 Å². The van der Waals surface area contributed by atoms with Gasteiger partial charge in [-0.15, -0.1) is 0 Å². The van der Waals surface area contributed by atoms with Crippen molar-refractivity contribution in [1.29, 1.82) is 0 Å². The average molecular weight is 235 g/mol. The fraction of sp³-hybridized carbons (Fsp3) is 0.571. The summed E-state index contributed by atoms with van der Waals surface area (Å²) < 4.78 is 18.8. The Morgan fingerprint density at radius 3 is 2.88 bits per heavy atom. The number of halogens is 1. The lowest BCUT2D eigenvalue weighted by Gasteiger charge is -2.22. The Morgan fingerprint density at radius 2 is 2.18 bits per heavy atom. The van der Waals surface area contributed by atoms with Crippen molar-refractivity contribution in [2.75, 3.05) is 12.3 Å². The van der Waals surface area contributed by atoms with E-state index in [2.05, 4.69) is 0 Å². The molecule has 0 heterocycles. The van der Waals surface area contributed by atoms with Gasteiger partial charge in [-0.2, -0.15) is 0 Å². The molecule has 2 N–H and O–H groups in total. The lowest BCUT2D eigenvalue weighted by Crippen LogP contribution is -2.18. The molecule has 1 aromatic carbocycles. The Labute approximate surface area is 101 Å². The lowest BCUT2D eigenvalue weighted by molar-refractivity contribution is 0.195. The molecule has 3 heteroatoms. The van der Waals surface area contributed by atoms with E-state index in [4.69, 9.17) is 10.5 Å². The van der Waals surface area contributed by atoms with Gasteiger partial charge in [0.25, 0.3) is 0 Å². The van der Waals surface area contributed by atoms with Crippen LogP contribution in [0.15, 0.2) is 18.2 Å². The number of ether oxygens (including phenoxy) is 1. The predicted molar refractivity (Wildman–Crippen MR) is 65.2 cm³/mol.